The molecule has 0 spiro atoms. The van der Waals surface area contributed by atoms with Crippen LogP contribution in [0.5, 0.6) is 11.5 Å². The number of nitrogens with zero attached hydrogens (tertiary/aromatic N) is 1. The maximum atomic E-state index is 12.5. The summed E-state index contributed by atoms with van der Waals surface area (Å²) in [7, 11) is -3.93. The Morgan fingerprint density at radius 3 is 2.21 bits per heavy atom. The number of nitrogens with two attached hydrogens (primary N) is 1. The van der Waals surface area contributed by atoms with Gasteiger partial charge >= 0.3 is 12.1 Å². The van der Waals surface area contributed by atoms with Crippen LogP contribution in [0.25, 0.3) is 0 Å². The zero-order valence-corrected chi connectivity index (χ0v) is 22.2. The number of hydrogen-bond acceptors (Lipinski definition) is 6. The lowest BCUT2D eigenvalue weighted by Crippen LogP contribution is -2.23. The van der Waals surface area contributed by atoms with Crippen molar-refractivity contribution in [3.63, 3.8) is 0 Å². The Labute approximate surface area is 234 Å². The monoisotopic (exact) mass is 623 g/mol. The quantitative estimate of drug-likeness (QED) is 0.325. The number of amides is 1. The van der Waals surface area contributed by atoms with E-state index in [0.717, 1.165) is 6.07 Å². The summed E-state index contributed by atoms with van der Waals surface area (Å²) in [5, 5.41) is 24.5. The van der Waals surface area contributed by atoms with Crippen molar-refractivity contribution in [3.8, 4) is 17.6 Å². The van der Waals surface area contributed by atoms with E-state index in [2.05, 4.69) is 5.32 Å². The Balaban J connectivity index is 0.000000673. The Morgan fingerprint density at radius 2 is 1.67 bits per heavy atom. The molecule has 0 bridgehead atoms. The van der Waals surface area contributed by atoms with Gasteiger partial charge in [0.2, 0.25) is 10.0 Å². The topological polar surface area (TPSA) is 160 Å². The molecule has 0 unspecified atom stereocenters. The van der Waals surface area contributed by atoms with Gasteiger partial charge in [-0.3, -0.25) is 4.79 Å². The van der Waals surface area contributed by atoms with Crippen molar-refractivity contribution in [1.29, 1.82) is 5.26 Å². The molecule has 0 fully saturated rings. The molecule has 0 atom stereocenters. The first-order chi connectivity index (χ1) is 18.0. The summed E-state index contributed by atoms with van der Waals surface area (Å²) in [5.74, 6) is -2.63. The summed E-state index contributed by atoms with van der Waals surface area (Å²) >= 11 is 18.2. The largest absolute Gasteiger partial charge is 0.490 e. The lowest BCUT2D eigenvalue weighted by Gasteiger charge is -2.12. The van der Waals surface area contributed by atoms with Crippen molar-refractivity contribution in [2.24, 2.45) is 5.14 Å². The lowest BCUT2D eigenvalue weighted by molar-refractivity contribution is -0.192. The van der Waals surface area contributed by atoms with Crippen molar-refractivity contribution in [2.75, 3.05) is 0 Å². The van der Waals surface area contributed by atoms with Gasteiger partial charge in [-0.05, 0) is 54.1 Å². The SMILES string of the molecule is N#Cc1cc(Cl)cc(Oc2cc(CNC(=O)c3ccc(S(N)(=O)=O)cc3Cl)ccc2Cl)c1.O=C(O)C(F)(F)F. The summed E-state index contributed by atoms with van der Waals surface area (Å²) in [6.45, 7) is 0.110. The number of hydrogen-bond donors (Lipinski definition) is 3. The molecule has 1 amide bonds. The summed E-state index contributed by atoms with van der Waals surface area (Å²) in [4.78, 5) is 21.2. The first kappa shape index (κ1) is 31.7. The third-order valence-corrected chi connectivity index (χ3v) is 6.19. The van der Waals surface area contributed by atoms with Crippen molar-refractivity contribution in [3.05, 3.63) is 86.4 Å². The maximum absolute atomic E-state index is 12.5. The Kier molecular flexibility index (Phi) is 10.6. The minimum Gasteiger partial charge on any atom is -0.475 e. The van der Waals surface area contributed by atoms with Gasteiger partial charge in [-0.25, -0.2) is 18.4 Å². The van der Waals surface area contributed by atoms with Crippen LogP contribution in [0.4, 0.5) is 13.2 Å². The van der Waals surface area contributed by atoms with Crippen molar-refractivity contribution < 1.29 is 41.0 Å². The van der Waals surface area contributed by atoms with E-state index in [1.54, 1.807) is 24.3 Å². The molecule has 206 valence electrons. The number of rotatable bonds is 6. The molecule has 3 rings (SSSR count). The van der Waals surface area contributed by atoms with Crippen molar-refractivity contribution >= 4 is 56.7 Å². The molecule has 9 nitrogen and oxygen atoms in total. The predicted octanol–water partition coefficient (Wildman–Crippen LogP) is 5.52. The normalized spacial score (nSPS) is 11.0. The van der Waals surface area contributed by atoms with Crippen LogP contribution in [0.3, 0.4) is 0 Å². The van der Waals surface area contributed by atoms with Crippen molar-refractivity contribution in [1.82, 2.24) is 5.32 Å². The second-order valence-electron chi connectivity index (χ2n) is 7.33. The lowest BCUT2D eigenvalue weighted by atomic mass is 10.2. The van der Waals surface area contributed by atoms with Gasteiger partial charge in [-0.2, -0.15) is 18.4 Å². The number of primary sulfonamides is 1. The first-order valence-electron chi connectivity index (χ1n) is 10.1. The number of carbonyl (C=O) groups excluding carboxylic acids is 1. The van der Waals surface area contributed by atoms with Gasteiger partial charge in [-0.1, -0.05) is 40.9 Å². The van der Waals surface area contributed by atoms with Crippen LogP contribution >= 0.6 is 34.8 Å². The fraction of sp³-hybridized carbons (Fsp3) is 0.0870. The first-order valence-corrected chi connectivity index (χ1v) is 12.8. The van der Waals surface area contributed by atoms with Gasteiger partial charge in [0.15, 0.2) is 0 Å². The molecule has 0 heterocycles. The van der Waals surface area contributed by atoms with Crippen LogP contribution < -0.4 is 15.2 Å². The third kappa shape index (κ3) is 9.61. The van der Waals surface area contributed by atoms with Gasteiger partial charge in [0, 0.05) is 11.6 Å². The van der Waals surface area contributed by atoms with Gasteiger partial charge in [-0.15, -0.1) is 0 Å². The van der Waals surface area contributed by atoms with E-state index in [-0.39, 0.29) is 22.0 Å². The average molecular weight is 625 g/mol. The van der Waals surface area contributed by atoms with E-state index < -0.39 is 28.1 Å². The summed E-state index contributed by atoms with van der Waals surface area (Å²) in [5.41, 5.74) is 1.09. The van der Waals surface area contributed by atoms with Crippen LogP contribution in [0.15, 0.2) is 59.5 Å². The number of nitrogens with one attached hydrogen (secondary N) is 1. The number of nitriles is 1. The number of carbonyl (C=O) groups is 2. The summed E-state index contributed by atoms with van der Waals surface area (Å²) in [6, 6.07) is 15.1. The summed E-state index contributed by atoms with van der Waals surface area (Å²) in [6.07, 6.45) is -5.08. The molecule has 0 saturated heterocycles. The number of sulfonamides is 1. The molecular weight excluding hydrogens is 610 g/mol. The highest BCUT2D eigenvalue weighted by Crippen LogP contribution is 2.32. The van der Waals surface area contributed by atoms with Crippen LogP contribution in [-0.4, -0.2) is 31.6 Å². The molecule has 0 aliphatic heterocycles. The molecule has 3 aromatic rings. The zero-order valence-electron chi connectivity index (χ0n) is 19.1. The standard InChI is InChI=1S/C21H14Cl3N3O4S.C2HF3O2/c22-14-5-13(10-25)6-15(8-14)31-20-7-12(1-4-18(20)23)11-27-21(28)17-3-2-16(9-19(17)24)32(26,29)30;3-2(4,5)1(6)7/h1-9H,11H2,(H,27,28)(H2,26,29,30);(H,6,7). The number of halogens is 6. The summed E-state index contributed by atoms with van der Waals surface area (Å²) < 4.78 is 60.3. The highest BCUT2D eigenvalue weighted by atomic mass is 35.5. The number of carboxylic acid groups (broad SMARTS) is 1. The smallest absolute Gasteiger partial charge is 0.475 e. The third-order valence-electron chi connectivity index (χ3n) is 4.43. The number of alkyl halides is 3. The van der Waals surface area contributed by atoms with Gasteiger partial charge < -0.3 is 15.2 Å². The number of ether oxygens (including phenoxy) is 1. The number of benzene rings is 3. The van der Waals surface area contributed by atoms with Crippen LogP contribution in [0.1, 0.15) is 21.5 Å². The van der Waals surface area contributed by atoms with Crippen LogP contribution in [0, 0.1) is 11.3 Å². The highest BCUT2D eigenvalue weighted by Gasteiger charge is 2.38. The van der Waals surface area contributed by atoms with E-state index >= 15 is 0 Å². The Bertz CT molecular complexity index is 1560. The fourth-order valence-electron chi connectivity index (χ4n) is 2.68. The Morgan fingerprint density at radius 1 is 1.03 bits per heavy atom. The Hall–Kier alpha value is -3.54. The predicted molar refractivity (Wildman–Crippen MR) is 135 cm³/mol. The van der Waals surface area contributed by atoms with Gasteiger partial charge in [0.25, 0.3) is 5.91 Å². The van der Waals surface area contributed by atoms with Gasteiger partial charge in [0.05, 0.1) is 32.1 Å². The molecule has 0 aromatic heterocycles. The molecule has 0 saturated carbocycles. The van der Waals surface area contributed by atoms with E-state index in [9.17, 15) is 26.4 Å². The molecular formula is C23H15Cl3F3N3O6S. The van der Waals surface area contributed by atoms with Gasteiger partial charge in [0.1, 0.15) is 11.5 Å². The zero-order chi connectivity index (χ0) is 29.5. The number of aliphatic carboxylic acids is 1. The minimum atomic E-state index is -5.08. The molecule has 0 aliphatic rings. The number of carboxylic acids is 1. The van der Waals surface area contributed by atoms with Crippen LogP contribution in [0.2, 0.25) is 15.1 Å². The maximum Gasteiger partial charge on any atom is 0.490 e. The molecule has 4 N–H and O–H groups in total. The van der Waals surface area contributed by atoms with E-state index in [0.29, 0.717) is 32.7 Å². The molecule has 3 aromatic carbocycles. The van der Waals surface area contributed by atoms with Crippen molar-refractivity contribution in [2.45, 2.75) is 17.6 Å². The minimum absolute atomic E-state index is 0.0524. The second kappa shape index (κ2) is 13.0. The van der Waals surface area contributed by atoms with E-state index in [1.807, 2.05) is 6.07 Å². The fourth-order valence-corrected chi connectivity index (χ4v) is 3.94. The highest BCUT2D eigenvalue weighted by molar-refractivity contribution is 7.89. The molecule has 39 heavy (non-hydrogen) atoms. The van der Waals surface area contributed by atoms with E-state index in [1.165, 1.54) is 24.3 Å². The second-order valence-corrected chi connectivity index (χ2v) is 10.1. The molecule has 16 heteroatoms. The van der Waals surface area contributed by atoms with Crippen LogP contribution in [-0.2, 0) is 21.4 Å². The average Bonchev–Trinajstić information content (AvgIpc) is 2.83. The molecule has 0 aliphatic carbocycles. The van der Waals surface area contributed by atoms with E-state index in [4.69, 9.17) is 59.8 Å². The molecule has 0 radical (unpaired) electrons.